The maximum absolute atomic E-state index is 13.5. The monoisotopic (exact) mass is 542 g/mol. The first-order valence-electron chi connectivity index (χ1n) is 11.1. The van der Waals surface area contributed by atoms with E-state index in [1.165, 1.54) is 0 Å². The number of nitrogens with one attached hydrogen (secondary N) is 1. The molecular formula is C27H28BrClN2O3. The fourth-order valence-corrected chi connectivity index (χ4v) is 4.47. The van der Waals surface area contributed by atoms with Gasteiger partial charge in [-0.05, 0) is 59.1 Å². The normalized spacial score (nSPS) is 11.5. The van der Waals surface area contributed by atoms with Crippen LogP contribution in [0.2, 0.25) is 5.02 Å². The van der Waals surface area contributed by atoms with Crippen LogP contribution in [-0.4, -0.2) is 35.9 Å². The quantitative estimate of drug-likeness (QED) is 0.364. The summed E-state index contributed by atoms with van der Waals surface area (Å²) in [5.41, 5.74) is 3.01. The predicted octanol–water partition coefficient (Wildman–Crippen LogP) is 5.57. The molecular weight excluding hydrogens is 516 g/mol. The highest BCUT2D eigenvalue weighted by Crippen LogP contribution is 2.28. The lowest BCUT2D eigenvalue weighted by atomic mass is 10.0. The van der Waals surface area contributed by atoms with Crippen LogP contribution in [0.25, 0.3) is 0 Å². The van der Waals surface area contributed by atoms with Crippen molar-refractivity contribution >= 4 is 39.3 Å². The van der Waals surface area contributed by atoms with Crippen LogP contribution in [0.3, 0.4) is 0 Å². The minimum absolute atomic E-state index is 0.194. The molecule has 0 bridgehead atoms. The van der Waals surface area contributed by atoms with Crippen LogP contribution in [-0.2, 0) is 22.6 Å². The van der Waals surface area contributed by atoms with Crippen LogP contribution < -0.4 is 10.1 Å². The van der Waals surface area contributed by atoms with Crippen LogP contribution in [0.5, 0.6) is 5.75 Å². The molecule has 0 fully saturated rings. The topological polar surface area (TPSA) is 58.6 Å². The Labute approximate surface area is 214 Å². The lowest BCUT2D eigenvalue weighted by Gasteiger charge is -2.31. The van der Waals surface area contributed by atoms with Crippen molar-refractivity contribution in [2.24, 2.45) is 0 Å². The number of nitrogens with zero attached hydrogens (tertiary/aromatic N) is 1. The zero-order valence-electron chi connectivity index (χ0n) is 19.3. The summed E-state index contributed by atoms with van der Waals surface area (Å²) < 4.78 is 6.46. The van der Waals surface area contributed by atoms with Crippen molar-refractivity contribution in [1.29, 1.82) is 0 Å². The van der Waals surface area contributed by atoms with Crippen molar-refractivity contribution in [3.8, 4) is 5.75 Å². The highest BCUT2D eigenvalue weighted by molar-refractivity contribution is 9.10. The Morgan fingerprint density at radius 3 is 2.44 bits per heavy atom. The van der Waals surface area contributed by atoms with Gasteiger partial charge in [0, 0.05) is 24.5 Å². The van der Waals surface area contributed by atoms with Gasteiger partial charge in [0.1, 0.15) is 11.8 Å². The Bertz CT molecular complexity index is 1120. The number of aryl methyl sites for hydroxylation is 1. The summed E-state index contributed by atoms with van der Waals surface area (Å²) in [4.78, 5) is 28.3. The summed E-state index contributed by atoms with van der Waals surface area (Å²) >= 11 is 9.43. The zero-order valence-corrected chi connectivity index (χ0v) is 21.6. The number of amides is 2. The molecule has 0 saturated carbocycles. The van der Waals surface area contributed by atoms with Crippen molar-refractivity contribution in [3.63, 3.8) is 0 Å². The highest BCUT2D eigenvalue weighted by atomic mass is 79.9. The third-order valence-electron chi connectivity index (χ3n) is 5.30. The molecule has 34 heavy (non-hydrogen) atoms. The van der Waals surface area contributed by atoms with Gasteiger partial charge in [0.15, 0.2) is 6.61 Å². The van der Waals surface area contributed by atoms with Gasteiger partial charge in [0.05, 0.1) is 4.47 Å². The number of hydrogen-bond acceptors (Lipinski definition) is 3. The van der Waals surface area contributed by atoms with E-state index in [-0.39, 0.29) is 18.4 Å². The molecule has 1 N–H and O–H groups in total. The number of halogens is 2. The Balaban J connectivity index is 1.90. The van der Waals surface area contributed by atoms with Gasteiger partial charge in [-0.25, -0.2) is 0 Å². The predicted molar refractivity (Wildman–Crippen MR) is 139 cm³/mol. The smallest absolute Gasteiger partial charge is 0.261 e. The molecule has 0 aromatic heterocycles. The Hall–Kier alpha value is -2.83. The maximum Gasteiger partial charge on any atom is 0.261 e. The van der Waals surface area contributed by atoms with Crippen LogP contribution in [0.1, 0.15) is 23.6 Å². The van der Waals surface area contributed by atoms with Gasteiger partial charge in [-0.1, -0.05) is 71.8 Å². The first-order valence-corrected chi connectivity index (χ1v) is 12.3. The van der Waals surface area contributed by atoms with E-state index in [4.69, 9.17) is 16.3 Å². The Kier molecular flexibility index (Phi) is 9.54. The molecule has 0 heterocycles. The number of carbonyl (C=O) groups excluding carboxylic acids is 2. The third kappa shape index (κ3) is 7.34. The van der Waals surface area contributed by atoms with Gasteiger partial charge in [-0.15, -0.1) is 0 Å². The number of hydrogen-bond donors (Lipinski definition) is 1. The van der Waals surface area contributed by atoms with E-state index in [9.17, 15) is 9.59 Å². The number of likely N-dealkylation sites (N-methyl/N-ethyl adjacent to an activating group) is 1. The molecule has 1 unspecified atom stereocenters. The number of carbonyl (C=O) groups is 2. The minimum atomic E-state index is -0.687. The third-order valence-corrected chi connectivity index (χ3v) is 6.16. The summed E-state index contributed by atoms with van der Waals surface area (Å²) in [5.74, 6) is 0.0291. The number of benzene rings is 3. The van der Waals surface area contributed by atoms with Gasteiger partial charge in [0.2, 0.25) is 5.91 Å². The van der Waals surface area contributed by atoms with Crippen molar-refractivity contribution in [3.05, 3.63) is 99.0 Å². The van der Waals surface area contributed by atoms with Gasteiger partial charge in [0.25, 0.3) is 5.91 Å². The van der Waals surface area contributed by atoms with E-state index in [1.807, 2.05) is 68.4 Å². The minimum Gasteiger partial charge on any atom is -0.483 e. The summed E-state index contributed by atoms with van der Waals surface area (Å²) in [7, 11) is 0. The molecule has 2 amide bonds. The molecule has 7 heteroatoms. The first-order chi connectivity index (χ1) is 16.4. The summed E-state index contributed by atoms with van der Waals surface area (Å²) in [6.45, 7) is 4.43. The van der Waals surface area contributed by atoms with E-state index in [1.54, 1.807) is 23.1 Å². The second-order valence-electron chi connectivity index (χ2n) is 7.97. The lowest BCUT2D eigenvalue weighted by molar-refractivity contribution is -0.142. The van der Waals surface area contributed by atoms with E-state index < -0.39 is 6.04 Å². The fraction of sp³-hybridized carbons (Fsp3) is 0.259. The number of ether oxygens (including phenoxy) is 1. The average Bonchev–Trinajstić information content (AvgIpc) is 2.81. The molecule has 0 aliphatic rings. The molecule has 1 atom stereocenters. The van der Waals surface area contributed by atoms with Crippen molar-refractivity contribution in [1.82, 2.24) is 10.2 Å². The van der Waals surface area contributed by atoms with Crippen LogP contribution >= 0.6 is 27.5 Å². The molecule has 3 aromatic carbocycles. The molecule has 0 aliphatic heterocycles. The molecule has 5 nitrogen and oxygen atoms in total. The van der Waals surface area contributed by atoms with Crippen molar-refractivity contribution in [2.75, 3.05) is 13.2 Å². The summed E-state index contributed by atoms with van der Waals surface area (Å²) in [6, 6.07) is 22.1. The van der Waals surface area contributed by atoms with Crippen molar-refractivity contribution < 1.29 is 14.3 Å². The van der Waals surface area contributed by atoms with Gasteiger partial charge < -0.3 is 15.0 Å². The lowest BCUT2D eigenvalue weighted by Crippen LogP contribution is -2.51. The fourth-order valence-electron chi connectivity index (χ4n) is 3.67. The summed E-state index contributed by atoms with van der Waals surface area (Å²) in [6.07, 6.45) is 0.398. The second kappa shape index (κ2) is 12.6. The van der Waals surface area contributed by atoms with E-state index in [0.29, 0.717) is 34.8 Å². The van der Waals surface area contributed by atoms with Crippen LogP contribution in [0.15, 0.2) is 77.3 Å². The standard InChI is InChI=1S/C27H28BrClN2O3/c1-3-30-27(33)24(15-20-9-5-4-6-10-20)31(17-21-11-7-8-19(2)14-21)26(32)18-34-25-13-12-22(29)16-23(25)28/h4-14,16,24H,3,15,17-18H2,1-2H3,(H,30,33). The SMILES string of the molecule is CCNC(=O)C(Cc1ccccc1)N(Cc1cccc(C)c1)C(=O)COc1ccc(Cl)cc1Br. The maximum atomic E-state index is 13.5. The molecule has 178 valence electrons. The molecule has 0 saturated heterocycles. The molecule has 0 radical (unpaired) electrons. The van der Waals surface area contributed by atoms with Crippen LogP contribution in [0.4, 0.5) is 0 Å². The molecule has 3 aromatic rings. The zero-order chi connectivity index (χ0) is 24.5. The van der Waals surface area contributed by atoms with Gasteiger partial charge >= 0.3 is 0 Å². The summed E-state index contributed by atoms with van der Waals surface area (Å²) in [5, 5.41) is 3.45. The number of rotatable bonds is 10. The van der Waals surface area contributed by atoms with E-state index in [0.717, 1.165) is 16.7 Å². The van der Waals surface area contributed by atoms with Crippen molar-refractivity contribution in [2.45, 2.75) is 32.9 Å². The van der Waals surface area contributed by atoms with Crippen LogP contribution in [0, 0.1) is 6.92 Å². The van der Waals surface area contributed by atoms with E-state index in [2.05, 4.69) is 21.2 Å². The van der Waals surface area contributed by atoms with E-state index >= 15 is 0 Å². The molecule has 0 spiro atoms. The van der Waals surface area contributed by atoms with Gasteiger partial charge in [-0.2, -0.15) is 0 Å². The largest absolute Gasteiger partial charge is 0.483 e. The molecule has 3 rings (SSSR count). The van der Waals surface area contributed by atoms with Gasteiger partial charge in [-0.3, -0.25) is 9.59 Å². The Morgan fingerprint density at radius 2 is 1.76 bits per heavy atom. The molecule has 0 aliphatic carbocycles. The highest BCUT2D eigenvalue weighted by Gasteiger charge is 2.30. The Morgan fingerprint density at radius 1 is 1.03 bits per heavy atom. The average molecular weight is 544 g/mol. The second-order valence-corrected chi connectivity index (χ2v) is 9.26. The first kappa shape index (κ1) is 25.8.